The van der Waals surface area contributed by atoms with Gasteiger partial charge in [-0.3, -0.25) is 14.4 Å². The van der Waals surface area contributed by atoms with Crippen LogP contribution in [0.3, 0.4) is 0 Å². The highest BCUT2D eigenvalue weighted by molar-refractivity contribution is 6.31. The molecule has 2 aliphatic rings. The molecule has 0 N–H and O–H groups in total. The third-order valence-electron chi connectivity index (χ3n) is 4.97. The molecule has 0 unspecified atom stereocenters. The van der Waals surface area contributed by atoms with Gasteiger partial charge in [-0.25, -0.2) is 0 Å². The van der Waals surface area contributed by atoms with Gasteiger partial charge in [0.1, 0.15) is 0 Å². The standard InChI is InChI=1S/C20H25ClN2O4/c1-2-27-19(25)8-9-22(12-14-6-7-14)20(26)15-10-18(24)23(13-15)17-5-3-4-16(21)11-17/h3-5,11,14-15H,2,6-10,12-13H2,1H3/t15-/m1/s1. The number of nitrogens with zero attached hydrogens (tertiary/aromatic N) is 2. The summed E-state index contributed by atoms with van der Waals surface area (Å²) in [5.41, 5.74) is 0.711. The summed E-state index contributed by atoms with van der Waals surface area (Å²) in [7, 11) is 0. The van der Waals surface area contributed by atoms with Crippen LogP contribution in [0.1, 0.15) is 32.6 Å². The first-order valence-corrected chi connectivity index (χ1v) is 9.86. The van der Waals surface area contributed by atoms with Gasteiger partial charge in [-0.1, -0.05) is 17.7 Å². The van der Waals surface area contributed by atoms with Crippen LogP contribution in [-0.4, -0.2) is 48.9 Å². The summed E-state index contributed by atoms with van der Waals surface area (Å²) in [4.78, 5) is 40.5. The number of carbonyl (C=O) groups excluding carboxylic acids is 3. The average Bonchev–Trinajstić information content (AvgIpc) is 3.37. The highest BCUT2D eigenvalue weighted by atomic mass is 35.5. The zero-order chi connectivity index (χ0) is 19.4. The number of benzene rings is 1. The minimum absolute atomic E-state index is 0.0518. The fraction of sp³-hybridized carbons (Fsp3) is 0.550. The zero-order valence-corrected chi connectivity index (χ0v) is 16.3. The van der Waals surface area contributed by atoms with E-state index in [-0.39, 0.29) is 30.6 Å². The Morgan fingerprint density at radius 1 is 1.33 bits per heavy atom. The van der Waals surface area contributed by atoms with Gasteiger partial charge in [-0.15, -0.1) is 0 Å². The van der Waals surface area contributed by atoms with E-state index in [4.69, 9.17) is 16.3 Å². The van der Waals surface area contributed by atoms with Gasteiger partial charge >= 0.3 is 5.97 Å². The molecular formula is C20H25ClN2O4. The molecule has 1 heterocycles. The summed E-state index contributed by atoms with van der Waals surface area (Å²) in [5, 5.41) is 0.555. The van der Waals surface area contributed by atoms with Crippen LogP contribution in [0.5, 0.6) is 0 Å². The van der Waals surface area contributed by atoms with Crippen molar-refractivity contribution in [1.82, 2.24) is 4.90 Å². The second kappa shape index (κ2) is 8.74. The van der Waals surface area contributed by atoms with E-state index in [0.29, 0.717) is 42.9 Å². The Balaban J connectivity index is 1.64. The Labute approximate surface area is 164 Å². The monoisotopic (exact) mass is 392 g/mol. The van der Waals surface area contributed by atoms with Crippen molar-refractivity contribution in [2.75, 3.05) is 31.1 Å². The number of ether oxygens (including phenoxy) is 1. The molecule has 1 aliphatic heterocycles. The third kappa shape index (κ3) is 5.22. The van der Waals surface area contributed by atoms with Gasteiger partial charge in [0.25, 0.3) is 0 Å². The van der Waals surface area contributed by atoms with Crippen LogP contribution in [0.25, 0.3) is 0 Å². The molecule has 7 heteroatoms. The van der Waals surface area contributed by atoms with Crippen LogP contribution in [0.2, 0.25) is 5.02 Å². The first-order valence-electron chi connectivity index (χ1n) is 9.48. The summed E-state index contributed by atoms with van der Waals surface area (Å²) in [6.07, 6.45) is 2.60. The van der Waals surface area contributed by atoms with Gasteiger partial charge in [-0.2, -0.15) is 0 Å². The summed E-state index contributed by atoms with van der Waals surface area (Å²) >= 11 is 6.02. The topological polar surface area (TPSA) is 66.9 Å². The molecule has 27 heavy (non-hydrogen) atoms. The molecule has 6 nitrogen and oxygen atoms in total. The van der Waals surface area contributed by atoms with Crippen molar-refractivity contribution in [3.8, 4) is 0 Å². The quantitative estimate of drug-likeness (QED) is 0.638. The van der Waals surface area contributed by atoms with Crippen molar-refractivity contribution in [3.05, 3.63) is 29.3 Å². The van der Waals surface area contributed by atoms with Gasteiger partial charge in [0.2, 0.25) is 11.8 Å². The van der Waals surface area contributed by atoms with Gasteiger partial charge in [0, 0.05) is 36.8 Å². The molecular weight excluding hydrogens is 368 g/mol. The molecule has 1 aromatic rings. The predicted octanol–water partition coefficient (Wildman–Crippen LogP) is 2.88. The van der Waals surface area contributed by atoms with Crippen molar-refractivity contribution >= 4 is 35.1 Å². The zero-order valence-electron chi connectivity index (χ0n) is 15.5. The van der Waals surface area contributed by atoms with E-state index < -0.39 is 5.92 Å². The SMILES string of the molecule is CCOC(=O)CCN(CC1CC1)C(=O)[C@@H]1CC(=O)N(c2cccc(Cl)c2)C1. The van der Waals surface area contributed by atoms with E-state index in [9.17, 15) is 14.4 Å². The van der Waals surface area contributed by atoms with Crippen molar-refractivity contribution in [1.29, 1.82) is 0 Å². The molecule has 146 valence electrons. The second-order valence-corrected chi connectivity index (χ2v) is 7.60. The minimum Gasteiger partial charge on any atom is -0.466 e. The molecule has 0 bridgehead atoms. The summed E-state index contributed by atoms with van der Waals surface area (Å²) in [5.74, 6) is -0.305. The number of carbonyl (C=O) groups is 3. The smallest absolute Gasteiger partial charge is 0.307 e. The van der Waals surface area contributed by atoms with Gasteiger partial charge < -0.3 is 14.5 Å². The molecule has 1 aromatic carbocycles. The third-order valence-corrected chi connectivity index (χ3v) is 5.21. The van der Waals surface area contributed by atoms with E-state index >= 15 is 0 Å². The highest BCUT2D eigenvalue weighted by Crippen LogP contribution is 2.32. The molecule has 0 radical (unpaired) electrons. The lowest BCUT2D eigenvalue weighted by Crippen LogP contribution is -2.40. The Kier molecular flexibility index (Phi) is 6.37. The van der Waals surface area contributed by atoms with Gasteiger partial charge in [0.15, 0.2) is 0 Å². The van der Waals surface area contributed by atoms with Crippen LogP contribution >= 0.6 is 11.6 Å². The number of hydrogen-bond donors (Lipinski definition) is 0. The van der Waals surface area contributed by atoms with Crippen LogP contribution in [0.4, 0.5) is 5.69 Å². The Hall–Kier alpha value is -2.08. The maximum absolute atomic E-state index is 13.0. The molecule has 2 fully saturated rings. The number of hydrogen-bond acceptors (Lipinski definition) is 4. The minimum atomic E-state index is -0.391. The van der Waals surface area contributed by atoms with E-state index in [0.717, 1.165) is 12.8 Å². The van der Waals surface area contributed by atoms with Crippen LogP contribution in [0.15, 0.2) is 24.3 Å². The normalized spacial score (nSPS) is 19.3. The molecule has 0 spiro atoms. The molecule has 1 aliphatic carbocycles. The molecule has 1 atom stereocenters. The maximum atomic E-state index is 13.0. The molecule has 0 aromatic heterocycles. The number of rotatable bonds is 8. The van der Waals surface area contributed by atoms with E-state index in [1.807, 2.05) is 6.07 Å². The van der Waals surface area contributed by atoms with Crippen LogP contribution < -0.4 is 4.90 Å². The second-order valence-electron chi connectivity index (χ2n) is 7.17. The van der Waals surface area contributed by atoms with Gasteiger partial charge in [0.05, 0.1) is 18.9 Å². The van der Waals surface area contributed by atoms with Crippen LogP contribution in [-0.2, 0) is 19.1 Å². The van der Waals surface area contributed by atoms with Crippen molar-refractivity contribution < 1.29 is 19.1 Å². The fourth-order valence-electron chi connectivity index (χ4n) is 3.39. The van der Waals surface area contributed by atoms with E-state index in [1.165, 1.54) is 0 Å². The molecule has 1 saturated heterocycles. The molecule has 2 amide bonds. The predicted molar refractivity (Wildman–Crippen MR) is 102 cm³/mol. The van der Waals surface area contributed by atoms with E-state index in [1.54, 1.807) is 34.9 Å². The lowest BCUT2D eigenvalue weighted by atomic mass is 10.1. The maximum Gasteiger partial charge on any atom is 0.307 e. The van der Waals surface area contributed by atoms with Crippen LogP contribution in [0, 0.1) is 11.8 Å². The number of amides is 2. The Morgan fingerprint density at radius 3 is 2.78 bits per heavy atom. The summed E-state index contributed by atoms with van der Waals surface area (Å²) in [6, 6.07) is 7.09. The highest BCUT2D eigenvalue weighted by Gasteiger charge is 2.38. The molecule has 3 rings (SSSR count). The van der Waals surface area contributed by atoms with Crippen molar-refractivity contribution in [2.24, 2.45) is 11.8 Å². The van der Waals surface area contributed by atoms with Crippen molar-refractivity contribution in [3.63, 3.8) is 0 Å². The Morgan fingerprint density at radius 2 is 2.11 bits per heavy atom. The lowest BCUT2D eigenvalue weighted by molar-refractivity contribution is -0.144. The number of halogens is 1. The average molecular weight is 393 g/mol. The van der Waals surface area contributed by atoms with Crippen molar-refractivity contribution in [2.45, 2.75) is 32.6 Å². The first kappa shape index (κ1) is 19.7. The van der Waals surface area contributed by atoms with Gasteiger partial charge in [-0.05, 0) is 43.9 Å². The Bertz CT molecular complexity index is 720. The summed E-state index contributed by atoms with van der Waals surface area (Å²) < 4.78 is 4.97. The first-order chi connectivity index (χ1) is 13.0. The number of anilines is 1. The molecule has 1 saturated carbocycles. The number of esters is 1. The van der Waals surface area contributed by atoms with E-state index in [2.05, 4.69) is 0 Å². The lowest BCUT2D eigenvalue weighted by Gasteiger charge is -2.25. The fourth-order valence-corrected chi connectivity index (χ4v) is 3.57. The largest absolute Gasteiger partial charge is 0.466 e. The summed E-state index contributed by atoms with van der Waals surface area (Å²) in [6.45, 7) is 3.44.